The molecule has 0 bridgehead atoms. The molecule has 0 saturated carbocycles. The van der Waals surface area contributed by atoms with Crippen molar-refractivity contribution in [3.05, 3.63) is 59.9 Å². The van der Waals surface area contributed by atoms with E-state index in [9.17, 15) is 22.4 Å². The Hall–Kier alpha value is -3.14. The summed E-state index contributed by atoms with van der Waals surface area (Å²) in [6, 6.07) is 11.1. The first kappa shape index (κ1) is 25.1. The molecule has 0 heterocycles. The summed E-state index contributed by atoms with van der Waals surface area (Å²) in [6.45, 7) is 3.17. The molecule has 0 aliphatic heterocycles. The van der Waals surface area contributed by atoms with Gasteiger partial charge in [-0.2, -0.15) is 0 Å². The molecule has 2 rings (SSSR count). The number of benzene rings is 2. The van der Waals surface area contributed by atoms with Gasteiger partial charge in [-0.05, 0) is 49.7 Å². The standard InChI is InChI=1S/C22H28FN3O5S/c1-5-24-22(28)16(2)25(14-17-8-6-11-20(12-17)31-3)21(27)15-26(32(4,29)30)19-10-7-9-18(23)13-19/h6-13,16H,5,14-15H2,1-4H3,(H,24,28)/t16-/m1/s1. The Labute approximate surface area is 188 Å². The molecule has 1 N–H and O–H groups in total. The number of halogens is 1. The molecule has 0 fully saturated rings. The minimum Gasteiger partial charge on any atom is -0.497 e. The number of hydrogen-bond acceptors (Lipinski definition) is 5. The first-order chi connectivity index (χ1) is 15.1. The number of ether oxygens (including phenoxy) is 1. The van der Waals surface area contributed by atoms with E-state index in [0.29, 0.717) is 17.9 Å². The average molecular weight is 466 g/mol. The first-order valence-corrected chi connectivity index (χ1v) is 11.8. The van der Waals surface area contributed by atoms with E-state index < -0.39 is 34.3 Å². The number of anilines is 1. The summed E-state index contributed by atoms with van der Waals surface area (Å²) < 4.78 is 44.5. The van der Waals surface area contributed by atoms with Gasteiger partial charge in [0.25, 0.3) is 0 Å². The number of nitrogens with one attached hydrogen (secondary N) is 1. The van der Waals surface area contributed by atoms with Crippen LogP contribution in [0, 0.1) is 5.82 Å². The fraction of sp³-hybridized carbons (Fsp3) is 0.364. The fourth-order valence-electron chi connectivity index (χ4n) is 3.12. The van der Waals surface area contributed by atoms with Crippen LogP contribution in [0.1, 0.15) is 19.4 Å². The van der Waals surface area contributed by atoms with E-state index in [1.807, 2.05) is 0 Å². The number of amides is 2. The van der Waals surface area contributed by atoms with Crippen molar-refractivity contribution in [2.24, 2.45) is 0 Å². The highest BCUT2D eigenvalue weighted by atomic mass is 32.2. The van der Waals surface area contributed by atoms with Crippen LogP contribution in [0.2, 0.25) is 0 Å². The Morgan fingerprint density at radius 3 is 2.44 bits per heavy atom. The Kier molecular flexibility index (Phi) is 8.59. The largest absolute Gasteiger partial charge is 0.497 e. The zero-order valence-corrected chi connectivity index (χ0v) is 19.4. The third-order valence-corrected chi connectivity index (χ3v) is 5.92. The van der Waals surface area contributed by atoms with E-state index in [-0.39, 0.29) is 18.1 Å². The number of methoxy groups -OCH3 is 1. The Balaban J connectivity index is 2.39. The maximum absolute atomic E-state index is 13.7. The minimum atomic E-state index is -3.90. The Morgan fingerprint density at radius 2 is 1.84 bits per heavy atom. The molecule has 0 unspecified atom stereocenters. The van der Waals surface area contributed by atoms with E-state index in [0.717, 1.165) is 16.6 Å². The van der Waals surface area contributed by atoms with Crippen molar-refractivity contribution in [1.29, 1.82) is 0 Å². The number of carbonyl (C=O) groups excluding carboxylic acids is 2. The highest BCUT2D eigenvalue weighted by molar-refractivity contribution is 7.92. The molecule has 0 radical (unpaired) electrons. The van der Waals surface area contributed by atoms with Crippen molar-refractivity contribution < 1.29 is 27.1 Å². The average Bonchev–Trinajstić information content (AvgIpc) is 2.74. The van der Waals surface area contributed by atoms with E-state index in [2.05, 4.69) is 5.32 Å². The lowest BCUT2D eigenvalue weighted by molar-refractivity contribution is -0.139. The predicted octanol–water partition coefficient (Wildman–Crippen LogP) is 2.15. The van der Waals surface area contributed by atoms with Gasteiger partial charge in [0.05, 0.1) is 19.1 Å². The monoisotopic (exact) mass is 465 g/mol. The molecule has 8 nitrogen and oxygen atoms in total. The summed E-state index contributed by atoms with van der Waals surface area (Å²) in [4.78, 5) is 27.1. The summed E-state index contributed by atoms with van der Waals surface area (Å²) in [5.74, 6) is -1.03. The minimum absolute atomic E-state index is 0.0212. The van der Waals surface area contributed by atoms with Crippen molar-refractivity contribution in [2.45, 2.75) is 26.4 Å². The second-order valence-corrected chi connectivity index (χ2v) is 9.10. The molecule has 0 aliphatic rings. The molecule has 0 aromatic heterocycles. The number of sulfonamides is 1. The Bertz CT molecular complexity index is 1060. The van der Waals surface area contributed by atoms with Gasteiger partial charge in [-0.3, -0.25) is 13.9 Å². The van der Waals surface area contributed by atoms with Crippen molar-refractivity contribution in [1.82, 2.24) is 10.2 Å². The summed E-state index contributed by atoms with van der Waals surface area (Å²) in [7, 11) is -2.39. The van der Waals surface area contributed by atoms with E-state index in [1.165, 1.54) is 30.2 Å². The molecule has 2 amide bonds. The molecule has 2 aromatic rings. The normalized spacial score (nSPS) is 12.0. The molecule has 174 valence electrons. The lowest BCUT2D eigenvalue weighted by Gasteiger charge is -2.31. The molecular formula is C22H28FN3O5S. The quantitative estimate of drug-likeness (QED) is 0.580. The van der Waals surface area contributed by atoms with Crippen molar-refractivity contribution in [3.63, 3.8) is 0 Å². The lowest BCUT2D eigenvalue weighted by Crippen LogP contribution is -2.51. The van der Waals surface area contributed by atoms with Crippen LogP contribution in [0.5, 0.6) is 5.75 Å². The molecule has 0 spiro atoms. The number of carbonyl (C=O) groups is 2. The predicted molar refractivity (Wildman–Crippen MR) is 120 cm³/mol. The molecular weight excluding hydrogens is 437 g/mol. The lowest BCUT2D eigenvalue weighted by atomic mass is 10.1. The Morgan fingerprint density at radius 1 is 1.16 bits per heavy atom. The van der Waals surface area contributed by atoms with Crippen LogP contribution in [0.3, 0.4) is 0 Å². The second kappa shape index (κ2) is 10.9. The van der Waals surface area contributed by atoms with Gasteiger partial charge in [-0.25, -0.2) is 12.8 Å². The highest BCUT2D eigenvalue weighted by Gasteiger charge is 2.30. The van der Waals surface area contributed by atoms with E-state index in [4.69, 9.17) is 4.74 Å². The van der Waals surface area contributed by atoms with E-state index >= 15 is 0 Å². The van der Waals surface area contributed by atoms with Crippen LogP contribution in [0.4, 0.5) is 10.1 Å². The van der Waals surface area contributed by atoms with Crippen LogP contribution in [-0.4, -0.2) is 57.6 Å². The fourth-order valence-corrected chi connectivity index (χ4v) is 3.96. The van der Waals surface area contributed by atoms with Gasteiger partial charge in [-0.1, -0.05) is 18.2 Å². The van der Waals surface area contributed by atoms with Crippen molar-refractivity contribution >= 4 is 27.5 Å². The summed E-state index contributed by atoms with van der Waals surface area (Å²) in [5.41, 5.74) is 0.721. The third-order valence-electron chi connectivity index (χ3n) is 4.78. The third kappa shape index (κ3) is 6.68. The number of likely N-dealkylation sites (N-methyl/N-ethyl adjacent to an activating group) is 1. The van der Waals surface area contributed by atoms with Gasteiger partial charge in [0.1, 0.15) is 24.2 Å². The molecule has 1 atom stereocenters. The maximum Gasteiger partial charge on any atom is 0.244 e. The van der Waals surface area contributed by atoms with Gasteiger partial charge >= 0.3 is 0 Å². The number of nitrogens with zero attached hydrogens (tertiary/aromatic N) is 2. The zero-order valence-electron chi connectivity index (χ0n) is 18.5. The maximum atomic E-state index is 13.7. The second-order valence-electron chi connectivity index (χ2n) is 7.19. The van der Waals surface area contributed by atoms with Gasteiger partial charge in [0.2, 0.25) is 21.8 Å². The van der Waals surface area contributed by atoms with Crippen LogP contribution >= 0.6 is 0 Å². The van der Waals surface area contributed by atoms with Gasteiger partial charge in [0.15, 0.2) is 0 Å². The van der Waals surface area contributed by atoms with Gasteiger partial charge < -0.3 is 15.0 Å². The van der Waals surface area contributed by atoms with Gasteiger partial charge in [-0.15, -0.1) is 0 Å². The topological polar surface area (TPSA) is 96.0 Å². The molecule has 0 saturated heterocycles. The molecule has 2 aromatic carbocycles. The molecule has 10 heteroatoms. The number of rotatable bonds is 10. The van der Waals surface area contributed by atoms with Crippen molar-refractivity contribution in [2.75, 3.05) is 30.8 Å². The summed E-state index contributed by atoms with van der Waals surface area (Å²) in [6.07, 6.45) is 0.935. The molecule has 32 heavy (non-hydrogen) atoms. The SMILES string of the molecule is CCNC(=O)[C@@H](C)N(Cc1cccc(OC)c1)C(=O)CN(c1cccc(F)c1)S(C)(=O)=O. The van der Waals surface area contributed by atoms with Gasteiger partial charge in [0, 0.05) is 13.1 Å². The summed E-state index contributed by atoms with van der Waals surface area (Å²) in [5, 5.41) is 2.67. The van der Waals surface area contributed by atoms with Crippen molar-refractivity contribution in [3.8, 4) is 5.75 Å². The number of hydrogen-bond donors (Lipinski definition) is 1. The highest BCUT2D eigenvalue weighted by Crippen LogP contribution is 2.21. The smallest absolute Gasteiger partial charge is 0.244 e. The van der Waals surface area contributed by atoms with E-state index in [1.54, 1.807) is 38.1 Å². The first-order valence-electron chi connectivity index (χ1n) is 10.00. The van der Waals surface area contributed by atoms with Crippen LogP contribution in [0.15, 0.2) is 48.5 Å². The van der Waals surface area contributed by atoms with Crippen LogP contribution < -0.4 is 14.4 Å². The molecule has 0 aliphatic carbocycles. The van der Waals surface area contributed by atoms with Crippen LogP contribution in [0.25, 0.3) is 0 Å². The van der Waals surface area contributed by atoms with Crippen LogP contribution in [-0.2, 0) is 26.2 Å². The summed E-state index contributed by atoms with van der Waals surface area (Å²) >= 11 is 0. The zero-order chi connectivity index (χ0) is 23.9.